The molecule has 0 fully saturated rings. The van der Waals surface area contributed by atoms with Crippen molar-refractivity contribution in [1.29, 1.82) is 0 Å². The summed E-state index contributed by atoms with van der Waals surface area (Å²) in [6.07, 6.45) is 5.21. The highest BCUT2D eigenvalue weighted by atomic mass is 32.1. The van der Waals surface area contributed by atoms with Crippen molar-refractivity contribution in [2.75, 3.05) is 7.11 Å². The first-order valence-corrected chi connectivity index (χ1v) is 7.69. The quantitative estimate of drug-likeness (QED) is 0.538. The van der Waals surface area contributed by atoms with Gasteiger partial charge in [0.1, 0.15) is 11.1 Å². The third kappa shape index (κ3) is 4.25. The number of rotatable bonds is 8. The molecular weight excluding hydrogens is 270 g/mol. The number of ketones is 1. The van der Waals surface area contributed by atoms with E-state index in [0.717, 1.165) is 29.8 Å². The van der Waals surface area contributed by atoms with E-state index in [0.29, 0.717) is 6.42 Å². The van der Waals surface area contributed by atoms with Crippen LogP contribution in [0.5, 0.6) is 0 Å². The Bertz CT molecular complexity index is 511. The third-order valence-electron chi connectivity index (χ3n) is 3.23. The molecule has 0 aliphatic heterocycles. The van der Waals surface area contributed by atoms with Crippen LogP contribution in [0.2, 0.25) is 0 Å². The first-order chi connectivity index (χ1) is 9.81. The fourth-order valence-corrected chi connectivity index (χ4v) is 2.87. The van der Waals surface area contributed by atoms with Crippen LogP contribution in [0.25, 0.3) is 0 Å². The van der Waals surface area contributed by atoms with Gasteiger partial charge in [-0.3, -0.25) is 4.79 Å². The van der Waals surface area contributed by atoms with E-state index >= 15 is 0 Å². The molecule has 0 saturated heterocycles. The Kier molecular flexibility index (Phi) is 5.89. The first kappa shape index (κ1) is 14.9. The van der Waals surface area contributed by atoms with Crippen molar-refractivity contribution in [3.8, 4) is 0 Å². The lowest BCUT2D eigenvalue weighted by atomic mass is 10.0. The molecule has 1 aromatic heterocycles. The first-order valence-electron chi connectivity index (χ1n) is 6.81. The highest BCUT2D eigenvalue weighted by Crippen LogP contribution is 2.24. The van der Waals surface area contributed by atoms with Crippen LogP contribution >= 0.6 is 11.3 Å². The molecule has 1 aromatic carbocycles. The van der Waals surface area contributed by atoms with Crippen LogP contribution in [-0.2, 0) is 4.74 Å². The second-order valence-corrected chi connectivity index (χ2v) is 5.56. The largest absolute Gasteiger partial charge is 0.374 e. The van der Waals surface area contributed by atoms with Gasteiger partial charge in [-0.1, -0.05) is 30.3 Å². The second-order valence-electron chi connectivity index (χ2n) is 4.63. The number of carbonyl (C=O) groups is 1. The molecule has 2 aromatic rings. The predicted octanol–water partition coefficient (Wildman–Crippen LogP) is 4.27. The van der Waals surface area contributed by atoms with Gasteiger partial charge in [-0.15, -0.1) is 11.3 Å². The maximum Gasteiger partial charge on any atom is 0.162 e. The summed E-state index contributed by atoms with van der Waals surface area (Å²) in [6.45, 7) is 0. The molecule has 1 heterocycles. The van der Waals surface area contributed by atoms with Crippen LogP contribution in [0.3, 0.4) is 0 Å². The van der Waals surface area contributed by atoms with Gasteiger partial charge in [0.05, 0.1) is 0 Å². The molecule has 1 atom stereocenters. The lowest BCUT2D eigenvalue weighted by Gasteiger charge is -2.11. The van der Waals surface area contributed by atoms with Gasteiger partial charge >= 0.3 is 0 Å². The van der Waals surface area contributed by atoms with Gasteiger partial charge in [0.2, 0.25) is 0 Å². The minimum Gasteiger partial charge on any atom is -0.374 e. The fourth-order valence-electron chi connectivity index (χ4n) is 2.12. The molecule has 3 nitrogen and oxygen atoms in total. The average Bonchev–Trinajstić information content (AvgIpc) is 3.02. The number of Topliss-reactive ketones (excluding diaryl/α,β-unsaturated/α-hetero) is 1. The second kappa shape index (κ2) is 7.92. The number of unbranched alkanes of at least 4 members (excludes halogenated alkanes) is 1. The predicted molar refractivity (Wildman–Crippen MR) is 81.1 cm³/mol. The van der Waals surface area contributed by atoms with Gasteiger partial charge in [0.25, 0.3) is 0 Å². The summed E-state index contributed by atoms with van der Waals surface area (Å²) in [5, 5.41) is 2.97. The van der Waals surface area contributed by atoms with Crippen LogP contribution in [0.15, 0.2) is 41.9 Å². The van der Waals surface area contributed by atoms with E-state index in [1.54, 1.807) is 24.6 Å². The summed E-state index contributed by atoms with van der Waals surface area (Å²) < 4.78 is 5.45. The van der Waals surface area contributed by atoms with Gasteiger partial charge in [0, 0.05) is 30.7 Å². The molecule has 1 unspecified atom stereocenters. The van der Waals surface area contributed by atoms with E-state index in [9.17, 15) is 4.79 Å². The number of hydrogen-bond donors (Lipinski definition) is 0. The topological polar surface area (TPSA) is 39.2 Å². The SMILES string of the molecule is COC(CCCCC(=O)c1ccccc1)c1nccs1. The molecule has 0 aliphatic carbocycles. The van der Waals surface area contributed by atoms with Crippen molar-refractivity contribution >= 4 is 17.1 Å². The summed E-state index contributed by atoms with van der Waals surface area (Å²) in [7, 11) is 1.71. The number of benzene rings is 1. The molecule has 0 bridgehead atoms. The van der Waals surface area contributed by atoms with Crippen molar-refractivity contribution in [2.24, 2.45) is 0 Å². The van der Waals surface area contributed by atoms with E-state index in [1.807, 2.05) is 35.7 Å². The minimum atomic E-state index is 0.0572. The van der Waals surface area contributed by atoms with E-state index < -0.39 is 0 Å². The Balaban J connectivity index is 1.72. The number of nitrogens with zero attached hydrogens (tertiary/aromatic N) is 1. The molecule has 0 aliphatic rings. The van der Waals surface area contributed by atoms with Crippen LogP contribution in [0, 0.1) is 0 Å². The van der Waals surface area contributed by atoms with Gasteiger partial charge in [-0.25, -0.2) is 4.98 Å². The molecule has 0 radical (unpaired) electrons. The van der Waals surface area contributed by atoms with E-state index in [-0.39, 0.29) is 11.9 Å². The maximum atomic E-state index is 11.9. The standard InChI is InChI=1S/C16H19NO2S/c1-19-15(16-17-11-12-20-16)10-6-5-9-14(18)13-7-3-2-4-8-13/h2-4,7-8,11-12,15H,5-6,9-10H2,1H3. The zero-order valence-electron chi connectivity index (χ0n) is 11.6. The lowest BCUT2D eigenvalue weighted by molar-refractivity contribution is 0.0902. The van der Waals surface area contributed by atoms with E-state index in [2.05, 4.69) is 4.98 Å². The highest BCUT2D eigenvalue weighted by Gasteiger charge is 2.13. The third-order valence-corrected chi connectivity index (χ3v) is 4.09. The Morgan fingerprint density at radius 1 is 1.30 bits per heavy atom. The Morgan fingerprint density at radius 3 is 2.75 bits per heavy atom. The molecule has 106 valence electrons. The minimum absolute atomic E-state index is 0.0572. The number of aromatic nitrogens is 1. The van der Waals surface area contributed by atoms with Gasteiger partial charge in [-0.05, 0) is 19.3 Å². The maximum absolute atomic E-state index is 11.9. The van der Waals surface area contributed by atoms with Crippen molar-refractivity contribution in [1.82, 2.24) is 4.98 Å². The number of hydrogen-bond acceptors (Lipinski definition) is 4. The van der Waals surface area contributed by atoms with Crippen LogP contribution in [-0.4, -0.2) is 17.9 Å². The zero-order valence-corrected chi connectivity index (χ0v) is 12.4. The fraction of sp³-hybridized carbons (Fsp3) is 0.375. The smallest absolute Gasteiger partial charge is 0.162 e. The summed E-state index contributed by atoms with van der Waals surface area (Å²) in [4.78, 5) is 16.2. The molecule has 2 rings (SSSR count). The normalized spacial score (nSPS) is 12.2. The Labute approximate surface area is 123 Å². The summed E-state index contributed by atoms with van der Waals surface area (Å²) in [5.74, 6) is 0.216. The van der Waals surface area contributed by atoms with Crippen molar-refractivity contribution in [3.05, 3.63) is 52.5 Å². The average molecular weight is 289 g/mol. The van der Waals surface area contributed by atoms with Crippen LogP contribution in [0.4, 0.5) is 0 Å². The zero-order chi connectivity index (χ0) is 14.2. The van der Waals surface area contributed by atoms with Crippen molar-refractivity contribution in [3.63, 3.8) is 0 Å². The summed E-state index contributed by atoms with van der Waals surface area (Å²) in [5.41, 5.74) is 0.802. The molecule has 0 saturated carbocycles. The molecule has 0 amide bonds. The molecular formula is C16H19NO2S. The number of thiazole rings is 1. The monoisotopic (exact) mass is 289 g/mol. The highest BCUT2D eigenvalue weighted by molar-refractivity contribution is 7.09. The molecule has 20 heavy (non-hydrogen) atoms. The lowest BCUT2D eigenvalue weighted by Crippen LogP contribution is -2.02. The molecule has 0 N–H and O–H groups in total. The molecule has 4 heteroatoms. The number of ether oxygens (including phenoxy) is 1. The van der Waals surface area contributed by atoms with Crippen LogP contribution < -0.4 is 0 Å². The van der Waals surface area contributed by atoms with E-state index in [4.69, 9.17) is 4.74 Å². The summed E-state index contributed by atoms with van der Waals surface area (Å²) in [6, 6.07) is 9.47. The van der Waals surface area contributed by atoms with E-state index in [1.165, 1.54) is 0 Å². The van der Waals surface area contributed by atoms with Gasteiger partial charge in [0.15, 0.2) is 5.78 Å². The number of methoxy groups -OCH3 is 1. The van der Waals surface area contributed by atoms with Gasteiger partial charge in [-0.2, -0.15) is 0 Å². The van der Waals surface area contributed by atoms with Crippen LogP contribution in [0.1, 0.15) is 47.2 Å². The van der Waals surface area contributed by atoms with Gasteiger partial charge < -0.3 is 4.74 Å². The Hall–Kier alpha value is -1.52. The summed E-state index contributed by atoms with van der Waals surface area (Å²) >= 11 is 1.61. The molecule has 0 spiro atoms. The van der Waals surface area contributed by atoms with Crippen molar-refractivity contribution < 1.29 is 9.53 Å². The van der Waals surface area contributed by atoms with Crippen molar-refractivity contribution in [2.45, 2.75) is 31.8 Å². The Morgan fingerprint density at radius 2 is 2.10 bits per heavy atom. The number of carbonyl (C=O) groups excluding carboxylic acids is 1.